The van der Waals surface area contributed by atoms with Gasteiger partial charge in [0.2, 0.25) is 15.9 Å². The molecule has 2 aromatic carbocycles. The zero-order valence-electron chi connectivity index (χ0n) is 16.1. The number of anilines is 1. The quantitative estimate of drug-likeness (QED) is 0.740. The molecule has 7 nitrogen and oxygen atoms in total. The van der Waals surface area contributed by atoms with Crippen LogP contribution in [0.4, 0.5) is 10.1 Å². The minimum atomic E-state index is -3.75. The van der Waals surface area contributed by atoms with Crippen LogP contribution in [0.25, 0.3) is 0 Å². The number of sulfonamides is 1. The molecule has 1 saturated heterocycles. The summed E-state index contributed by atoms with van der Waals surface area (Å²) < 4.78 is 35.6. The molecule has 0 atom stereocenters. The smallest absolute Gasteiger partial charge is 0.238 e. The van der Waals surface area contributed by atoms with E-state index in [4.69, 9.17) is 5.14 Å². The van der Waals surface area contributed by atoms with Crippen molar-refractivity contribution in [1.82, 2.24) is 9.80 Å². The molecule has 1 amide bonds. The molecule has 1 aliphatic heterocycles. The summed E-state index contributed by atoms with van der Waals surface area (Å²) in [5.41, 5.74) is 1.59. The Labute approximate surface area is 170 Å². The zero-order chi connectivity index (χ0) is 20.9. The van der Waals surface area contributed by atoms with Crippen LogP contribution in [-0.2, 0) is 21.4 Å². The molecule has 0 saturated carbocycles. The van der Waals surface area contributed by atoms with Crippen molar-refractivity contribution in [3.05, 3.63) is 59.9 Å². The Balaban J connectivity index is 1.48. The predicted octanol–water partition coefficient (Wildman–Crippen LogP) is 1.62. The molecule has 3 rings (SSSR count). The Kier molecular flexibility index (Phi) is 6.96. The SMILES string of the molecule is NS(=O)(=O)c1ccc(NC(=O)CN2CCCN(Cc3ccc(F)cc3)CC2)cc1. The Morgan fingerprint density at radius 1 is 0.966 bits per heavy atom. The van der Waals surface area contributed by atoms with E-state index >= 15 is 0 Å². The lowest BCUT2D eigenvalue weighted by Gasteiger charge is -2.21. The van der Waals surface area contributed by atoms with Crippen LogP contribution < -0.4 is 10.5 Å². The fourth-order valence-corrected chi connectivity index (χ4v) is 3.84. The van der Waals surface area contributed by atoms with Crippen LogP contribution in [-0.4, -0.2) is 56.8 Å². The van der Waals surface area contributed by atoms with Crippen molar-refractivity contribution >= 4 is 21.6 Å². The highest BCUT2D eigenvalue weighted by atomic mass is 32.2. The minimum Gasteiger partial charge on any atom is -0.325 e. The lowest BCUT2D eigenvalue weighted by Crippen LogP contribution is -2.36. The molecule has 0 spiro atoms. The third kappa shape index (κ3) is 6.60. The van der Waals surface area contributed by atoms with E-state index in [0.717, 1.165) is 44.7 Å². The van der Waals surface area contributed by atoms with Gasteiger partial charge in [-0.1, -0.05) is 12.1 Å². The first-order chi connectivity index (χ1) is 13.8. The molecule has 9 heteroatoms. The van der Waals surface area contributed by atoms with Crippen LogP contribution >= 0.6 is 0 Å². The summed E-state index contributed by atoms with van der Waals surface area (Å²) in [5.74, 6) is -0.388. The Morgan fingerprint density at radius 3 is 2.24 bits per heavy atom. The van der Waals surface area contributed by atoms with Gasteiger partial charge >= 0.3 is 0 Å². The van der Waals surface area contributed by atoms with Crippen molar-refractivity contribution in [2.24, 2.45) is 5.14 Å². The number of nitrogens with two attached hydrogens (primary N) is 1. The van der Waals surface area contributed by atoms with Gasteiger partial charge in [0.15, 0.2) is 0 Å². The van der Waals surface area contributed by atoms with Crippen LogP contribution in [0, 0.1) is 5.82 Å². The highest BCUT2D eigenvalue weighted by Crippen LogP contribution is 2.13. The van der Waals surface area contributed by atoms with Crippen LogP contribution in [0.2, 0.25) is 0 Å². The zero-order valence-corrected chi connectivity index (χ0v) is 16.9. The van der Waals surface area contributed by atoms with E-state index in [-0.39, 0.29) is 23.2 Å². The largest absolute Gasteiger partial charge is 0.325 e. The van der Waals surface area contributed by atoms with Gasteiger partial charge in [0.25, 0.3) is 0 Å². The number of nitrogens with one attached hydrogen (secondary N) is 1. The number of carbonyl (C=O) groups is 1. The second-order valence-corrected chi connectivity index (χ2v) is 8.71. The van der Waals surface area contributed by atoms with Gasteiger partial charge in [0.05, 0.1) is 11.4 Å². The molecule has 2 aromatic rings. The molecule has 156 valence electrons. The normalized spacial score (nSPS) is 16.3. The van der Waals surface area contributed by atoms with E-state index in [1.807, 2.05) is 0 Å². The Bertz CT molecular complexity index is 933. The van der Waals surface area contributed by atoms with Crippen molar-refractivity contribution in [2.75, 3.05) is 38.0 Å². The van der Waals surface area contributed by atoms with E-state index in [1.165, 1.54) is 36.4 Å². The molecule has 1 heterocycles. The fourth-order valence-electron chi connectivity index (χ4n) is 3.32. The van der Waals surface area contributed by atoms with Crippen LogP contribution in [0.5, 0.6) is 0 Å². The van der Waals surface area contributed by atoms with E-state index in [9.17, 15) is 17.6 Å². The molecule has 29 heavy (non-hydrogen) atoms. The number of halogens is 1. The van der Waals surface area contributed by atoms with Crippen molar-refractivity contribution in [1.29, 1.82) is 0 Å². The van der Waals surface area contributed by atoms with Crippen LogP contribution in [0.1, 0.15) is 12.0 Å². The van der Waals surface area contributed by atoms with Gasteiger partial charge in [-0.3, -0.25) is 14.6 Å². The van der Waals surface area contributed by atoms with Gasteiger partial charge in [0, 0.05) is 25.3 Å². The summed E-state index contributed by atoms with van der Waals surface area (Å²) >= 11 is 0. The van der Waals surface area contributed by atoms with Crippen molar-refractivity contribution in [3.63, 3.8) is 0 Å². The number of amides is 1. The minimum absolute atomic E-state index is 0.00395. The van der Waals surface area contributed by atoms with Crippen molar-refractivity contribution < 1.29 is 17.6 Å². The summed E-state index contributed by atoms with van der Waals surface area (Å²) in [6.07, 6.45) is 0.942. The molecule has 0 bridgehead atoms. The van der Waals surface area contributed by atoms with Gasteiger partial charge in [-0.15, -0.1) is 0 Å². The van der Waals surface area contributed by atoms with Gasteiger partial charge in [-0.05, 0) is 61.5 Å². The number of hydrogen-bond acceptors (Lipinski definition) is 5. The number of benzene rings is 2. The molecule has 0 unspecified atom stereocenters. The lowest BCUT2D eigenvalue weighted by atomic mass is 10.2. The lowest BCUT2D eigenvalue weighted by molar-refractivity contribution is -0.117. The molecule has 3 N–H and O–H groups in total. The number of hydrogen-bond donors (Lipinski definition) is 2. The van der Waals surface area contributed by atoms with Gasteiger partial charge in [-0.2, -0.15) is 0 Å². The Morgan fingerprint density at radius 2 is 1.59 bits per heavy atom. The van der Waals surface area contributed by atoms with Crippen molar-refractivity contribution in [2.45, 2.75) is 17.9 Å². The summed E-state index contributed by atoms with van der Waals surface area (Å²) in [4.78, 5) is 16.7. The second-order valence-electron chi connectivity index (χ2n) is 7.15. The van der Waals surface area contributed by atoms with Crippen LogP contribution in [0.15, 0.2) is 53.4 Å². The van der Waals surface area contributed by atoms with Gasteiger partial charge in [0.1, 0.15) is 5.82 Å². The number of rotatable bonds is 6. The number of primary sulfonamides is 1. The fraction of sp³-hybridized carbons (Fsp3) is 0.350. The summed E-state index contributed by atoms with van der Waals surface area (Å²) in [6, 6.07) is 12.3. The van der Waals surface area contributed by atoms with E-state index in [1.54, 1.807) is 12.1 Å². The third-order valence-corrected chi connectivity index (χ3v) is 5.76. The van der Waals surface area contributed by atoms with E-state index in [0.29, 0.717) is 5.69 Å². The Hall–Kier alpha value is -2.33. The molecular formula is C20H25FN4O3S. The molecule has 0 radical (unpaired) electrons. The third-order valence-electron chi connectivity index (χ3n) is 4.83. The first kappa shape index (κ1) is 21.4. The first-order valence-corrected chi connectivity index (χ1v) is 11.0. The van der Waals surface area contributed by atoms with Crippen LogP contribution in [0.3, 0.4) is 0 Å². The van der Waals surface area contributed by atoms with E-state index in [2.05, 4.69) is 15.1 Å². The number of carbonyl (C=O) groups excluding carboxylic acids is 1. The molecule has 0 aliphatic carbocycles. The summed E-state index contributed by atoms with van der Waals surface area (Å²) in [6.45, 7) is 4.35. The average Bonchev–Trinajstić information content (AvgIpc) is 2.88. The monoisotopic (exact) mass is 420 g/mol. The maximum Gasteiger partial charge on any atom is 0.238 e. The standard InChI is InChI=1S/C20H25FN4O3S/c21-17-4-2-16(3-5-17)14-24-10-1-11-25(13-12-24)15-20(26)23-18-6-8-19(9-7-18)29(22,27)28/h2-9H,1,10-15H2,(H,23,26)(H2,22,27,28). The van der Waals surface area contributed by atoms with Gasteiger partial charge in [-0.25, -0.2) is 17.9 Å². The molecular weight excluding hydrogens is 395 g/mol. The van der Waals surface area contributed by atoms with Crippen molar-refractivity contribution in [3.8, 4) is 0 Å². The summed E-state index contributed by atoms with van der Waals surface area (Å²) in [7, 11) is -3.75. The predicted molar refractivity (Wildman–Crippen MR) is 109 cm³/mol. The maximum absolute atomic E-state index is 13.0. The molecule has 0 aromatic heterocycles. The van der Waals surface area contributed by atoms with E-state index < -0.39 is 10.0 Å². The average molecular weight is 421 g/mol. The molecule has 1 fully saturated rings. The number of nitrogens with zero attached hydrogens (tertiary/aromatic N) is 2. The highest BCUT2D eigenvalue weighted by Gasteiger charge is 2.17. The highest BCUT2D eigenvalue weighted by molar-refractivity contribution is 7.89. The molecule has 1 aliphatic rings. The second kappa shape index (κ2) is 9.45. The van der Waals surface area contributed by atoms with Gasteiger partial charge < -0.3 is 5.32 Å². The topological polar surface area (TPSA) is 95.7 Å². The summed E-state index contributed by atoms with van der Waals surface area (Å²) in [5, 5.41) is 7.85. The maximum atomic E-state index is 13.0. The first-order valence-electron chi connectivity index (χ1n) is 9.41.